The van der Waals surface area contributed by atoms with Crippen LogP contribution in [-0.2, 0) is 4.79 Å². The molecule has 4 aromatic rings. The van der Waals surface area contributed by atoms with E-state index in [0.29, 0.717) is 35.4 Å². The third kappa shape index (κ3) is 6.26. The number of hydrogen-bond donors (Lipinski definition) is 1. The number of hydrogen-bond acceptors (Lipinski definition) is 6. The molecule has 1 N–H and O–H groups in total. The summed E-state index contributed by atoms with van der Waals surface area (Å²) in [5, 5.41) is 2.94. The first-order chi connectivity index (χ1) is 19.5. The summed E-state index contributed by atoms with van der Waals surface area (Å²) in [6.45, 7) is 0.441. The van der Waals surface area contributed by atoms with Crippen LogP contribution in [0.4, 0.5) is 5.95 Å². The van der Waals surface area contributed by atoms with Crippen LogP contribution in [0.2, 0.25) is 0 Å². The predicted molar refractivity (Wildman–Crippen MR) is 152 cm³/mol. The monoisotopic (exact) mass is 540 g/mol. The number of rotatable bonds is 11. The first kappa shape index (κ1) is 26.8. The van der Waals surface area contributed by atoms with Crippen LogP contribution in [0, 0.1) is 5.92 Å². The summed E-state index contributed by atoms with van der Waals surface area (Å²) in [7, 11) is 4.81. The summed E-state index contributed by atoms with van der Waals surface area (Å²) in [5.74, 6) is 2.37. The lowest BCUT2D eigenvalue weighted by atomic mass is 10.1. The van der Waals surface area contributed by atoms with E-state index in [4.69, 9.17) is 19.2 Å². The Morgan fingerprint density at radius 2 is 1.40 bits per heavy atom. The predicted octanol–water partition coefficient (Wildman–Crippen LogP) is 5.06. The van der Waals surface area contributed by atoms with Crippen LogP contribution in [0.25, 0.3) is 16.9 Å². The van der Waals surface area contributed by atoms with Gasteiger partial charge in [-0.25, -0.2) is 4.98 Å². The number of nitrogens with zero attached hydrogens (tertiary/aromatic N) is 3. The maximum atomic E-state index is 13.4. The van der Waals surface area contributed by atoms with E-state index < -0.39 is 0 Å². The molecular weight excluding hydrogens is 508 g/mol. The normalized spacial score (nSPS) is 12.5. The quantitative estimate of drug-likeness (QED) is 0.286. The fourth-order valence-electron chi connectivity index (χ4n) is 4.39. The van der Waals surface area contributed by atoms with Crippen LogP contribution in [0.15, 0.2) is 79.0 Å². The van der Waals surface area contributed by atoms with E-state index in [9.17, 15) is 9.59 Å². The first-order valence-electron chi connectivity index (χ1n) is 13.1. The zero-order valence-electron chi connectivity index (χ0n) is 22.8. The highest BCUT2D eigenvalue weighted by Gasteiger charge is 2.29. The van der Waals surface area contributed by atoms with Crippen LogP contribution >= 0.6 is 0 Å². The minimum Gasteiger partial charge on any atom is -0.497 e. The molecule has 3 aromatic carbocycles. The summed E-state index contributed by atoms with van der Waals surface area (Å²) in [5.41, 5.74) is 2.86. The highest BCUT2D eigenvalue weighted by Crippen LogP contribution is 2.31. The molecule has 1 heterocycles. The van der Waals surface area contributed by atoms with E-state index in [1.807, 2.05) is 59.3 Å². The summed E-state index contributed by atoms with van der Waals surface area (Å²) < 4.78 is 17.6. The Bertz CT molecular complexity index is 1460. The first-order valence-corrected chi connectivity index (χ1v) is 13.1. The van der Waals surface area contributed by atoms with Crippen LogP contribution in [-0.4, -0.2) is 60.7 Å². The van der Waals surface area contributed by atoms with Gasteiger partial charge in [0, 0.05) is 29.6 Å². The van der Waals surface area contributed by atoms with E-state index in [2.05, 4.69) is 5.32 Å². The van der Waals surface area contributed by atoms with Gasteiger partial charge in [-0.15, -0.1) is 0 Å². The van der Waals surface area contributed by atoms with Crippen LogP contribution in [0.5, 0.6) is 17.2 Å². The van der Waals surface area contributed by atoms with E-state index in [0.717, 1.165) is 35.6 Å². The highest BCUT2D eigenvalue weighted by atomic mass is 16.5. The Balaban J connectivity index is 1.40. The minimum absolute atomic E-state index is 0.0886. The Hall–Kier alpha value is -4.79. The van der Waals surface area contributed by atoms with Crippen molar-refractivity contribution in [2.24, 2.45) is 5.92 Å². The Morgan fingerprint density at radius 1 is 0.850 bits per heavy atom. The van der Waals surface area contributed by atoms with Gasteiger partial charge in [0.15, 0.2) is 0 Å². The summed E-state index contributed by atoms with van der Waals surface area (Å²) in [6.07, 6.45) is 3.98. The van der Waals surface area contributed by atoms with Crippen molar-refractivity contribution in [3.63, 3.8) is 0 Å². The number of benzene rings is 3. The summed E-state index contributed by atoms with van der Waals surface area (Å²) in [6, 6.07) is 21.9. The molecule has 1 saturated carbocycles. The molecule has 0 radical (unpaired) electrons. The van der Waals surface area contributed by atoms with Crippen molar-refractivity contribution >= 4 is 17.8 Å². The lowest BCUT2D eigenvalue weighted by molar-refractivity contribution is -0.117. The number of carbonyl (C=O) groups excluding carboxylic acids is 2. The minimum atomic E-state index is -0.329. The molecular formula is C31H32N4O5. The van der Waals surface area contributed by atoms with Gasteiger partial charge < -0.3 is 19.1 Å². The molecule has 9 heteroatoms. The van der Waals surface area contributed by atoms with E-state index >= 15 is 0 Å². The molecule has 9 nitrogen and oxygen atoms in total. The number of aromatic nitrogens is 2. The molecule has 1 fully saturated rings. The van der Waals surface area contributed by atoms with Crippen LogP contribution < -0.4 is 19.5 Å². The van der Waals surface area contributed by atoms with E-state index in [-0.39, 0.29) is 18.4 Å². The average molecular weight is 541 g/mol. The van der Waals surface area contributed by atoms with Gasteiger partial charge in [0.1, 0.15) is 23.8 Å². The molecule has 1 aromatic heterocycles. The molecule has 0 spiro atoms. The number of nitrogens with one attached hydrogen (secondary N) is 1. The van der Waals surface area contributed by atoms with E-state index in [1.54, 1.807) is 50.5 Å². The summed E-state index contributed by atoms with van der Waals surface area (Å²) >= 11 is 0. The van der Waals surface area contributed by atoms with Crippen molar-refractivity contribution in [3.8, 4) is 34.2 Å². The Kier molecular flexibility index (Phi) is 8.00. The number of anilines is 1. The van der Waals surface area contributed by atoms with Crippen molar-refractivity contribution in [2.75, 3.05) is 39.7 Å². The number of imidazole rings is 1. The molecule has 0 saturated heterocycles. The Morgan fingerprint density at radius 3 is 1.95 bits per heavy atom. The van der Waals surface area contributed by atoms with E-state index in [1.165, 1.54) is 0 Å². The van der Waals surface area contributed by atoms with Crippen molar-refractivity contribution < 1.29 is 23.8 Å². The van der Waals surface area contributed by atoms with Gasteiger partial charge in [0.2, 0.25) is 11.9 Å². The molecule has 1 aliphatic carbocycles. The molecule has 1 aliphatic rings. The smallest absolute Gasteiger partial charge is 0.254 e. The second-order valence-electron chi connectivity index (χ2n) is 9.65. The SMILES string of the molecule is COc1ccc(C(=O)N(CC(=O)Nc2nc(-c3ccc(OC)cc3)cn2-c2ccc(OC)cc2)CC2CC2)cc1. The molecule has 40 heavy (non-hydrogen) atoms. The van der Waals surface area contributed by atoms with Crippen LogP contribution in [0.3, 0.4) is 0 Å². The lowest BCUT2D eigenvalue weighted by Crippen LogP contribution is -2.39. The molecule has 5 rings (SSSR count). The summed E-state index contributed by atoms with van der Waals surface area (Å²) in [4.78, 5) is 33.1. The third-order valence-electron chi connectivity index (χ3n) is 6.83. The van der Waals surface area contributed by atoms with Gasteiger partial charge in [0.25, 0.3) is 5.91 Å². The molecule has 2 amide bonds. The van der Waals surface area contributed by atoms with Crippen LogP contribution in [0.1, 0.15) is 23.2 Å². The second-order valence-corrected chi connectivity index (χ2v) is 9.65. The van der Waals surface area contributed by atoms with Crippen molar-refractivity contribution in [1.82, 2.24) is 14.5 Å². The van der Waals surface area contributed by atoms with Crippen molar-refractivity contribution in [2.45, 2.75) is 12.8 Å². The van der Waals surface area contributed by atoms with Gasteiger partial charge in [-0.1, -0.05) is 0 Å². The topological polar surface area (TPSA) is 94.9 Å². The zero-order valence-corrected chi connectivity index (χ0v) is 22.8. The molecule has 206 valence electrons. The third-order valence-corrected chi connectivity index (χ3v) is 6.83. The fraction of sp³-hybridized carbons (Fsp3) is 0.258. The van der Waals surface area contributed by atoms with Gasteiger partial charge in [-0.2, -0.15) is 0 Å². The number of ether oxygens (including phenoxy) is 3. The van der Waals surface area contributed by atoms with Gasteiger partial charge in [-0.05, 0) is 91.6 Å². The second kappa shape index (κ2) is 11.9. The maximum absolute atomic E-state index is 13.4. The largest absolute Gasteiger partial charge is 0.497 e. The number of methoxy groups -OCH3 is 3. The molecule has 0 aliphatic heterocycles. The van der Waals surface area contributed by atoms with Gasteiger partial charge in [-0.3, -0.25) is 19.5 Å². The van der Waals surface area contributed by atoms with Gasteiger partial charge >= 0.3 is 0 Å². The zero-order chi connectivity index (χ0) is 28.1. The standard InChI is InChI=1S/C31H32N4O5/c1-38-25-12-6-22(7-13-25)28-19-35(24-10-16-27(40-3)17-11-24)31(32-28)33-29(36)20-34(18-21-4-5-21)30(37)23-8-14-26(39-2)15-9-23/h6-17,19,21H,4-5,18,20H2,1-3H3,(H,32,33,36). The lowest BCUT2D eigenvalue weighted by Gasteiger charge is -2.22. The maximum Gasteiger partial charge on any atom is 0.254 e. The molecule has 0 atom stereocenters. The molecule has 0 bridgehead atoms. The van der Waals surface area contributed by atoms with Crippen molar-refractivity contribution in [1.29, 1.82) is 0 Å². The fourth-order valence-corrected chi connectivity index (χ4v) is 4.39. The molecule has 0 unspecified atom stereocenters. The average Bonchev–Trinajstić information content (AvgIpc) is 3.73. The number of carbonyl (C=O) groups is 2. The Labute approximate surface area is 233 Å². The van der Waals surface area contributed by atoms with Crippen molar-refractivity contribution in [3.05, 3.63) is 84.6 Å². The van der Waals surface area contributed by atoms with Gasteiger partial charge in [0.05, 0.1) is 27.0 Å². The number of amides is 2. The highest BCUT2D eigenvalue weighted by molar-refractivity contribution is 5.99.